The molecule has 0 saturated carbocycles. The summed E-state index contributed by atoms with van der Waals surface area (Å²) in [6, 6.07) is 9.98. The van der Waals surface area contributed by atoms with Gasteiger partial charge in [0.1, 0.15) is 11.5 Å². The lowest BCUT2D eigenvalue weighted by Crippen LogP contribution is -2.12. The Balaban J connectivity index is 2.11. The Morgan fingerprint density at radius 2 is 1.96 bits per heavy atom. The number of nitrogens with two attached hydrogens (primary N) is 1. The second kappa shape index (κ2) is 7.74. The van der Waals surface area contributed by atoms with E-state index < -0.39 is 0 Å². The maximum Gasteiger partial charge on any atom is 0.255 e. The minimum atomic E-state index is -0.278. The largest absolute Gasteiger partial charge is 0.495 e. The number of carbonyl (C=O) groups excluding carboxylic acids is 1. The minimum absolute atomic E-state index is 0.278. The van der Waals surface area contributed by atoms with Crippen LogP contribution in [0.5, 0.6) is 11.5 Å². The molecule has 0 aromatic heterocycles. The molecule has 0 radical (unpaired) electrons. The van der Waals surface area contributed by atoms with Crippen LogP contribution in [0.3, 0.4) is 0 Å². The molecule has 0 unspecified atom stereocenters. The number of anilines is 2. The minimum Gasteiger partial charge on any atom is -0.495 e. The molecule has 0 atom stereocenters. The molecule has 2 aromatic carbocycles. The van der Waals surface area contributed by atoms with Crippen molar-refractivity contribution >= 4 is 28.9 Å². The summed E-state index contributed by atoms with van der Waals surface area (Å²) in [5.74, 6) is 0.849. The summed E-state index contributed by atoms with van der Waals surface area (Å²) in [4.78, 5) is 12.3. The molecule has 0 spiro atoms. The Bertz CT molecular complexity index is 704. The quantitative estimate of drug-likeness (QED) is 0.784. The number of hydrogen-bond donors (Lipinski definition) is 2. The van der Waals surface area contributed by atoms with E-state index in [4.69, 9.17) is 26.8 Å². The Hall–Kier alpha value is -2.40. The second-order valence-corrected chi connectivity index (χ2v) is 5.31. The van der Waals surface area contributed by atoms with Crippen molar-refractivity contribution in [3.05, 3.63) is 47.0 Å². The lowest BCUT2D eigenvalue weighted by molar-refractivity contribution is 0.102. The average Bonchev–Trinajstić information content (AvgIpc) is 2.54. The maximum absolute atomic E-state index is 12.3. The van der Waals surface area contributed by atoms with Gasteiger partial charge in [0.15, 0.2) is 0 Å². The third kappa shape index (κ3) is 4.29. The molecule has 0 aliphatic rings. The predicted molar refractivity (Wildman–Crippen MR) is 92.6 cm³/mol. The highest BCUT2D eigenvalue weighted by molar-refractivity contribution is 6.32. The van der Waals surface area contributed by atoms with E-state index in [2.05, 4.69) is 5.32 Å². The smallest absolute Gasteiger partial charge is 0.255 e. The van der Waals surface area contributed by atoms with E-state index in [1.54, 1.807) is 36.4 Å². The normalized spacial score (nSPS) is 10.2. The standard InChI is InChI=1S/C17H19ClN2O3/c1-3-8-23-16-6-4-11(9-14(16)19)17(21)20-12-5-7-15(22-2)13(18)10-12/h4-7,9-10H,3,8,19H2,1-2H3,(H,20,21). The fourth-order valence-corrected chi connectivity index (χ4v) is 2.24. The molecule has 3 N–H and O–H groups in total. The molecule has 0 heterocycles. The van der Waals surface area contributed by atoms with Crippen LogP contribution in [0.25, 0.3) is 0 Å². The van der Waals surface area contributed by atoms with Crippen LogP contribution in [-0.4, -0.2) is 19.6 Å². The number of hydrogen-bond acceptors (Lipinski definition) is 4. The van der Waals surface area contributed by atoms with E-state index in [1.807, 2.05) is 6.92 Å². The number of benzene rings is 2. The molecule has 0 saturated heterocycles. The van der Waals surface area contributed by atoms with Crippen LogP contribution in [0, 0.1) is 0 Å². The third-order valence-electron chi connectivity index (χ3n) is 3.14. The van der Waals surface area contributed by atoms with Crippen molar-refractivity contribution in [3.63, 3.8) is 0 Å². The Labute approximate surface area is 140 Å². The van der Waals surface area contributed by atoms with Gasteiger partial charge >= 0.3 is 0 Å². The molecule has 0 aliphatic carbocycles. The molecule has 5 nitrogen and oxygen atoms in total. The van der Waals surface area contributed by atoms with Gasteiger partial charge in [-0.2, -0.15) is 0 Å². The van der Waals surface area contributed by atoms with Crippen LogP contribution >= 0.6 is 11.6 Å². The molecule has 23 heavy (non-hydrogen) atoms. The molecule has 2 rings (SSSR count). The van der Waals surface area contributed by atoms with Gasteiger partial charge in [-0.1, -0.05) is 18.5 Å². The molecule has 0 fully saturated rings. The van der Waals surface area contributed by atoms with Crippen LogP contribution in [0.15, 0.2) is 36.4 Å². The zero-order chi connectivity index (χ0) is 16.8. The van der Waals surface area contributed by atoms with Gasteiger partial charge in [0.05, 0.1) is 24.4 Å². The first-order chi connectivity index (χ1) is 11.0. The van der Waals surface area contributed by atoms with Gasteiger partial charge in [0.25, 0.3) is 5.91 Å². The van der Waals surface area contributed by atoms with Crippen molar-refractivity contribution in [2.75, 3.05) is 24.8 Å². The number of halogens is 1. The first-order valence-corrected chi connectivity index (χ1v) is 7.60. The van der Waals surface area contributed by atoms with Crippen LogP contribution < -0.4 is 20.5 Å². The monoisotopic (exact) mass is 334 g/mol. The van der Waals surface area contributed by atoms with Gasteiger partial charge in [-0.15, -0.1) is 0 Å². The van der Waals surface area contributed by atoms with Gasteiger partial charge in [-0.05, 0) is 42.8 Å². The Morgan fingerprint density at radius 3 is 2.57 bits per heavy atom. The summed E-state index contributed by atoms with van der Waals surface area (Å²) in [5.41, 5.74) is 7.36. The summed E-state index contributed by atoms with van der Waals surface area (Å²) in [6.07, 6.45) is 0.889. The molecule has 122 valence electrons. The summed E-state index contributed by atoms with van der Waals surface area (Å²) in [6.45, 7) is 2.60. The van der Waals surface area contributed by atoms with E-state index in [-0.39, 0.29) is 5.91 Å². The second-order valence-electron chi connectivity index (χ2n) is 4.90. The van der Waals surface area contributed by atoms with Gasteiger partial charge in [0.2, 0.25) is 0 Å². The number of amides is 1. The Morgan fingerprint density at radius 1 is 1.22 bits per heavy atom. The number of ether oxygens (including phenoxy) is 2. The highest BCUT2D eigenvalue weighted by Crippen LogP contribution is 2.28. The highest BCUT2D eigenvalue weighted by Gasteiger charge is 2.10. The van der Waals surface area contributed by atoms with Crippen molar-refractivity contribution in [2.45, 2.75) is 13.3 Å². The van der Waals surface area contributed by atoms with Crippen LogP contribution in [0.4, 0.5) is 11.4 Å². The molecule has 1 amide bonds. The number of nitrogen functional groups attached to an aromatic ring is 1. The first kappa shape index (κ1) is 17.0. The van der Waals surface area contributed by atoms with Gasteiger partial charge in [-0.25, -0.2) is 0 Å². The first-order valence-electron chi connectivity index (χ1n) is 7.22. The van der Waals surface area contributed by atoms with E-state index in [0.717, 1.165) is 6.42 Å². The third-order valence-corrected chi connectivity index (χ3v) is 3.44. The van der Waals surface area contributed by atoms with Crippen molar-refractivity contribution in [1.82, 2.24) is 0 Å². The molecule has 0 bridgehead atoms. The summed E-state index contributed by atoms with van der Waals surface area (Å²) >= 11 is 6.04. The van der Waals surface area contributed by atoms with Crippen molar-refractivity contribution in [3.8, 4) is 11.5 Å². The van der Waals surface area contributed by atoms with Crippen molar-refractivity contribution in [1.29, 1.82) is 0 Å². The number of methoxy groups -OCH3 is 1. The maximum atomic E-state index is 12.3. The molecule has 2 aromatic rings. The van der Waals surface area contributed by atoms with Crippen LogP contribution in [-0.2, 0) is 0 Å². The number of rotatable bonds is 6. The fourth-order valence-electron chi connectivity index (χ4n) is 1.98. The van der Waals surface area contributed by atoms with E-state index in [1.165, 1.54) is 7.11 Å². The van der Waals surface area contributed by atoms with Crippen LogP contribution in [0.2, 0.25) is 5.02 Å². The van der Waals surface area contributed by atoms with Crippen molar-refractivity contribution < 1.29 is 14.3 Å². The van der Waals surface area contributed by atoms with Gasteiger partial charge in [-0.3, -0.25) is 4.79 Å². The van der Waals surface area contributed by atoms with E-state index in [0.29, 0.717) is 40.1 Å². The van der Waals surface area contributed by atoms with E-state index in [9.17, 15) is 4.79 Å². The fraction of sp³-hybridized carbons (Fsp3) is 0.235. The molecular weight excluding hydrogens is 316 g/mol. The zero-order valence-corrected chi connectivity index (χ0v) is 13.8. The lowest BCUT2D eigenvalue weighted by Gasteiger charge is -2.11. The number of nitrogens with one attached hydrogen (secondary N) is 1. The van der Waals surface area contributed by atoms with Gasteiger partial charge < -0.3 is 20.5 Å². The SMILES string of the molecule is CCCOc1ccc(C(=O)Nc2ccc(OC)c(Cl)c2)cc1N. The topological polar surface area (TPSA) is 73.6 Å². The summed E-state index contributed by atoms with van der Waals surface area (Å²) in [5, 5.41) is 3.19. The van der Waals surface area contributed by atoms with Gasteiger partial charge in [0, 0.05) is 11.3 Å². The molecule has 0 aliphatic heterocycles. The lowest BCUT2D eigenvalue weighted by atomic mass is 10.1. The van der Waals surface area contributed by atoms with E-state index >= 15 is 0 Å². The summed E-state index contributed by atoms with van der Waals surface area (Å²) in [7, 11) is 1.53. The highest BCUT2D eigenvalue weighted by atomic mass is 35.5. The van der Waals surface area contributed by atoms with Crippen molar-refractivity contribution in [2.24, 2.45) is 0 Å². The zero-order valence-electron chi connectivity index (χ0n) is 13.1. The molecule has 6 heteroatoms. The molecular formula is C17H19ClN2O3. The number of carbonyl (C=O) groups is 1. The predicted octanol–water partition coefficient (Wildman–Crippen LogP) is 3.97. The Kier molecular flexibility index (Phi) is 5.71. The van der Waals surface area contributed by atoms with Crippen LogP contribution in [0.1, 0.15) is 23.7 Å². The summed E-state index contributed by atoms with van der Waals surface area (Å²) < 4.78 is 10.6. The average molecular weight is 335 g/mol.